The Morgan fingerprint density at radius 1 is 1.62 bits per heavy atom. The highest BCUT2D eigenvalue weighted by Crippen LogP contribution is 2.28. The number of nitrogens with one attached hydrogen (secondary N) is 1. The lowest BCUT2D eigenvalue weighted by Gasteiger charge is -2.33. The van der Waals surface area contributed by atoms with Gasteiger partial charge in [-0.05, 0) is 39.2 Å². The molecule has 4 heteroatoms. The predicted molar refractivity (Wildman–Crippen MR) is 50.3 cm³/mol. The average molecular weight is 186 g/mol. The number of ether oxygens (including phenoxy) is 1. The molecule has 1 saturated carbocycles. The highest BCUT2D eigenvalue weighted by Gasteiger charge is 2.30. The van der Waals surface area contributed by atoms with Gasteiger partial charge in [-0.25, -0.2) is 4.79 Å². The monoisotopic (exact) mass is 186 g/mol. The molecule has 1 rings (SSSR count). The van der Waals surface area contributed by atoms with Crippen LogP contribution >= 0.6 is 0 Å². The van der Waals surface area contributed by atoms with Crippen molar-refractivity contribution in [3.63, 3.8) is 0 Å². The van der Waals surface area contributed by atoms with E-state index in [4.69, 9.17) is 10.5 Å². The lowest BCUT2D eigenvalue weighted by molar-refractivity contribution is 0.0193. The van der Waals surface area contributed by atoms with Gasteiger partial charge < -0.3 is 15.8 Å². The maximum atomic E-state index is 11.1. The normalized spacial score (nSPS) is 26.8. The van der Waals surface area contributed by atoms with Crippen LogP contribution in [0.1, 0.15) is 26.7 Å². The van der Waals surface area contributed by atoms with Gasteiger partial charge in [0.1, 0.15) is 6.10 Å². The van der Waals surface area contributed by atoms with Crippen LogP contribution < -0.4 is 11.1 Å². The summed E-state index contributed by atoms with van der Waals surface area (Å²) in [5, 5.41) is 2.68. The van der Waals surface area contributed by atoms with Gasteiger partial charge in [-0.15, -0.1) is 0 Å². The molecule has 1 aliphatic rings. The third-order valence-corrected chi connectivity index (χ3v) is 2.21. The average Bonchev–Trinajstić information content (AvgIpc) is 1.94. The summed E-state index contributed by atoms with van der Waals surface area (Å²) in [4.78, 5) is 11.1. The van der Waals surface area contributed by atoms with Crippen molar-refractivity contribution < 1.29 is 9.53 Å². The van der Waals surface area contributed by atoms with E-state index in [-0.39, 0.29) is 18.2 Å². The van der Waals surface area contributed by atoms with Crippen molar-refractivity contribution in [2.45, 2.75) is 38.8 Å². The van der Waals surface area contributed by atoms with Crippen LogP contribution in [0.25, 0.3) is 0 Å². The van der Waals surface area contributed by atoms with Crippen molar-refractivity contribution in [2.75, 3.05) is 6.54 Å². The Morgan fingerprint density at radius 3 is 2.69 bits per heavy atom. The first-order valence-electron chi connectivity index (χ1n) is 4.79. The summed E-state index contributed by atoms with van der Waals surface area (Å²) in [7, 11) is 0. The molecule has 0 unspecified atom stereocenters. The number of amides is 1. The SMILES string of the molecule is CC(C)NC(=O)OC1CC(CN)C1. The van der Waals surface area contributed by atoms with Crippen LogP contribution in [0, 0.1) is 5.92 Å². The number of nitrogens with two attached hydrogens (primary N) is 1. The Balaban J connectivity index is 2.09. The van der Waals surface area contributed by atoms with E-state index in [0.717, 1.165) is 12.8 Å². The van der Waals surface area contributed by atoms with E-state index in [1.807, 2.05) is 13.8 Å². The van der Waals surface area contributed by atoms with Gasteiger partial charge in [0.05, 0.1) is 0 Å². The summed E-state index contributed by atoms with van der Waals surface area (Å²) in [6.07, 6.45) is 1.62. The second-order valence-corrected chi connectivity index (χ2v) is 3.90. The van der Waals surface area contributed by atoms with E-state index >= 15 is 0 Å². The van der Waals surface area contributed by atoms with Crippen molar-refractivity contribution in [3.05, 3.63) is 0 Å². The summed E-state index contributed by atoms with van der Waals surface area (Å²) in [5.41, 5.74) is 5.45. The lowest BCUT2D eigenvalue weighted by atomic mass is 9.82. The van der Waals surface area contributed by atoms with Crippen molar-refractivity contribution in [1.82, 2.24) is 5.32 Å². The molecule has 1 fully saturated rings. The maximum absolute atomic E-state index is 11.1. The molecule has 0 spiro atoms. The second-order valence-electron chi connectivity index (χ2n) is 3.90. The Bertz CT molecular complexity index is 176. The Morgan fingerprint density at radius 2 is 2.23 bits per heavy atom. The highest BCUT2D eigenvalue weighted by molar-refractivity contribution is 5.67. The number of carbonyl (C=O) groups is 1. The van der Waals surface area contributed by atoms with Gasteiger partial charge in [-0.2, -0.15) is 0 Å². The van der Waals surface area contributed by atoms with Gasteiger partial charge in [0.25, 0.3) is 0 Å². The van der Waals surface area contributed by atoms with E-state index in [1.54, 1.807) is 0 Å². The topological polar surface area (TPSA) is 64.3 Å². The van der Waals surface area contributed by atoms with E-state index < -0.39 is 0 Å². The minimum Gasteiger partial charge on any atom is -0.446 e. The molecular formula is C9H18N2O2. The fourth-order valence-electron chi connectivity index (χ4n) is 1.38. The fourth-order valence-corrected chi connectivity index (χ4v) is 1.38. The number of alkyl carbamates (subject to hydrolysis) is 1. The molecule has 0 saturated heterocycles. The summed E-state index contributed by atoms with van der Waals surface area (Å²) >= 11 is 0. The minimum atomic E-state index is -0.310. The minimum absolute atomic E-state index is 0.0901. The molecule has 3 N–H and O–H groups in total. The summed E-state index contributed by atoms with van der Waals surface area (Å²) in [6, 6.07) is 0.137. The zero-order chi connectivity index (χ0) is 9.84. The molecule has 13 heavy (non-hydrogen) atoms. The first-order chi connectivity index (χ1) is 6.11. The zero-order valence-electron chi connectivity index (χ0n) is 8.25. The smallest absolute Gasteiger partial charge is 0.407 e. The van der Waals surface area contributed by atoms with Crippen LogP contribution in [-0.4, -0.2) is 24.8 Å². The van der Waals surface area contributed by atoms with Crippen molar-refractivity contribution in [1.29, 1.82) is 0 Å². The quantitative estimate of drug-likeness (QED) is 0.687. The zero-order valence-corrected chi connectivity index (χ0v) is 8.25. The summed E-state index contributed by atoms with van der Waals surface area (Å²) in [6.45, 7) is 4.51. The van der Waals surface area contributed by atoms with Gasteiger partial charge in [-0.3, -0.25) is 0 Å². The standard InChI is InChI=1S/C9H18N2O2/c1-6(2)11-9(12)13-8-3-7(4-8)5-10/h6-8H,3-5,10H2,1-2H3,(H,11,12). The summed E-state index contributed by atoms with van der Waals surface area (Å²) < 4.78 is 5.12. The molecule has 1 amide bonds. The molecule has 0 radical (unpaired) electrons. The van der Waals surface area contributed by atoms with E-state index in [9.17, 15) is 4.79 Å². The number of rotatable bonds is 3. The third kappa shape index (κ3) is 3.22. The molecule has 1 aliphatic carbocycles. The van der Waals surface area contributed by atoms with Gasteiger partial charge >= 0.3 is 6.09 Å². The molecule has 0 aliphatic heterocycles. The fraction of sp³-hybridized carbons (Fsp3) is 0.889. The van der Waals surface area contributed by atoms with Crippen LogP contribution in [0.5, 0.6) is 0 Å². The van der Waals surface area contributed by atoms with Crippen LogP contribution in [0.15, 0.2) is 0 Å². The highest BCUT2D eigenvalue weighted by atomic mass is 16.6. The Labute approximate surface area is 78.8 Å². The van der Waals surface area contributed by atoms with E-state index in [0.29, 0.717) is 12.5 Å². The molecule has 0 aromatic heterocycles. The largest absolute Gasteiger partial charge is 0.446 e. The second kappa shape index (κ2) is 4.46. The molecule has 76 valence electrons. The van der Waals surface area contributed by atoms with Gasteiger partial charge in [0.15, 0.2) is 0 Å². The molecule has 0 bridgehead atoms. The molecule has 0 atom stereocenters. The Hall–Kier alpha value is -0.770. The maximum Gasteiger partial charge on any atom is 0.407 e. The number of carbonyl (C=O) groups excluding carboxylic acids is 1. The molecule has 0 aromatic carbocycles. The predicted octanol–water partition coefficient (Wildman–Crippen LogP) is 0.858. The van der Waals surface area contributed by atoms with Crippen LogP contribution in [0.4, 0.5) is 4.79 Å². The van der Waals surface area contributed by atoms with E-state index in [1.165, 1.54) is 0 Å². The number of hydrogen-bond donors (Lipinski definition) is 2. The number of hydrogen-bond acceptors (Lipinski definition) is 3. The third-order valence-electron chi connectivity index (χ3n) is 2.21. The first-order valence-corrected chi connectivity index (χ1v) is 4.79. The lowest BCUT2D eigenvalue weighted by Crippen LogP contribution is -2.41. The molecular weight excluding hydrogens is 168 g/mol. The first kappa shape index (κ1) is 10.3. The van der Waals surface area contributed by atoms with Gasteiger partial charge in [0, 0.05) is 6.04 Å². The van der Waals surface area contributed by atoms with Crippen LogP contribution in [-0.2, 0) is 4.74 Å². The van der Waals surface area contributed by atoms with E-state index in [2.05, 4.69) is 5.32 Å². The van der Waals surface area contributed by atoms with Crippen molar-refractivity contribution in [3.8, 4) is 0 Å². The molecule has 0 heterocycles. The molecule has 4 nitrogen and oxygen atoms in total. The molecule has 0 aromatic rings. The Kier molecular flexibility index (Phi) is 3.54. The van der Waals surface area contributed by atoms with Crippen molar-refractivity contribution >= 4 is 6.09 Å². The van der Waals surface area contributed by atoms with Crippen LogP contribution in [0.2, 0.25) is 0 Å². The summed E-state index contributed by atoms with van der Waals surface area (Å²) in [5.74, 6) is 0.553. The van der Waals surface area contributed by atoms with Gasteiger partial charge in [-0.1, -0.05) is 0 Å². The van der Waals surface area contributed by atoms with Crippen molar-refractivity contribution in [2.24, 2.45) is 11.7 Å². The van der Waals surface area contributed by atoms with Gasteiger partial charge in [0.2, 0.25) is 0 Å². The van der Waals surface area contributed by atoms with Crippen LogP contribution in [0.3, 0.4) is 0 Å².